The first-order valence-corrected chi connectivity index (χ1v) is 6.86. The Labute approximate surface area is 135 Å². The summed E-state index contributed by atoms with van der Waals surface area (Å²) in [5.74, 6) is 1.36. The summed E-state index contributed by atoms with van der Waals surface area (Å²) in [5, 5.41) is 0. The van der Waals surface area contributed by atoms with Crippen LogP contribution >= 0.6 is 0 Å². The third kappa shape index (κ3) is 6.44. The van der Waals surface area contributed by atoms with Gasteiger partial charge in [-0.15, -0.1) is 0 Å². The summed E-state index contributed by atoms with van der Waals surface area (Å²) >= 11 is 0. The number of aryl methyl sites for hydroxylation is 2. The predicted octanol–water partition coefficient (Wildman–Crippen LogP) is 5.29. The van der Waals surface area contributed by atoms with Crippen molar-refractivity contribution in [3.05, 3.63) is 58.7 Å². The minimum absolute atomic E-state index is 0. The SMILES string of the molecule is Cc1cc[c-](C(C)C)c1.Cc1cc[c-](C(C)C)c1.[Mg+2]. The van der Waals surface area contributed by atoms with E-state index in [9.17, 15) is 0 Å². The van der Waals surface area contributed by atoms with Gasteiger partial charge in [0.1, 0.15) is 0 Å². The molecule has 0 amide bonds. The van der Waals surface area contributed by atoms with Crippen LogP contribution in [0.25, 0.3) is 0 Å². The van der Waals surface area contributed by atoms with Gasteiger partial charge in [-0.25, -0.2) is 23.3 Å². The van der Waals surface area contributed by atoms with Gasteiger partial charge in [0, 0.05) is 0 Å². The molecule has 0 aromatic heterocycles. The van der Waals surface area contributed by atoms with Crippen LogP contribution in [0, 0.1) is 13.8 Å². The molecule has 0 atom stereocenters. The largest absolute Gasteiger partial charge is 2.00 e. The molecule has 0 spiro atoms. The second-order valence-corrected chi connectivity index (χ2v) is 5.75. The van der Waals surface area contributed by atoms with Crippen molar-refractivity contribution in [1.82, 2.24) is 0 Å². The van der Waals surface area contributed by atoms with Crippen LogP contribution in [0.2, 0.25) is 0 Å². The first kappa shape index (κ1) is 18.5. The fraction of sp³-hybridized carbons (Fsp3) is 0.444. The van der Waals surface area contributed by atoms with Crippen LogP contribution in [0.15, 0.2) is 36.4 Å². The molecular formula is C18H26Mg. The van der Waals surface area contributed by atoms with Gasteiger partial charge in [-0.05, 0) is 0 Å². The number of rotatable bonds is 2. The Morgan fingerprint density at radius 1 is 0.737 bits per heavy atom. The molecule has 0 saturated carbocycles. The molecule has 0 saturated heterocycles. The minimum Gasteiger partial charge on any atom is -0.211 e. The van der Waals surface area contributed by atoms with Crippen LogP contribution in [0.1, 0.15) is 61.8 Å². The van der Waals surface area contributed by atoms with Gasteiger partial charge < -0.3 is 0 Å². The smallest absolute Gasteiger partial charge is 0.211 e. The molecule has 1 heteroatoms. The van der Waals surface area contributed by atoms with Crippen molar-refractivity contribution in [2.24, 2.45) is 0 Å². The van der Waals surface area contributed by atoms with Crippen molar-refractivity contribution in [2.75, 3.05) is 0 Å². The number of hydrogen-bond donors (Lipinski definition) is 0. The monoisotopic (exact) mass is 266 g/mol. The zero-order valence-electron chi connectivity index (χ0n) is 13.3. The van der Waals surface area contributed by atoms with Crippen molar-refractivity contribution in [3.8, 4) is 0 Å². The molecule has 2 aromatic carbocycles. The standard InChI is InChI=1S/2C9H13.Mg/c2*1-7(2)9-5-4-8(3)6-9;/h2*4-7H,1-3H3;/q2*-1;+2. The molecule has 0 aliphatic carbocycles. The topological polar surface area (TPSA) is 0 Å². The summed E-state index contributed by atoms with van der Waals surface area (Å²) < 4.78 is 0. The maximum Gasteiger partial charge on any atom is 2.00 e. The van der Waals surface area contributed by atoms with Gasteiger partial charge in [0.15, 0.2) is 0 Å². The summed E-state index contributed by atoms with van der Waals surface area (Å²) in [4.78, 5) is 0. The summed E-state index contributed by atoms with van der Waals surface area (Å²) in [6.07, 6.45) is 0. The van der Waals surface area contributed by atoms with Crippen LogP contribution in [-0.2, 0) is 0 Å². The normalized spacial score (nSPS) is 10.1. The molecule has 0 heterocycles. The Hall–Kier alpha value is -0.534. The Morgan fingerprint density at radius 3 is 1.16 bits per heavy atom. The van der Waals surface area contributed by atoms with E-state index in [0.29, 0.717) is 11.8 Å². The van der Waals surface area contributed by atoms with Gasteiger partial charge in [0.2, 0.25) is 0 Å². The zero-order chi connectivity index (χ0) is 13.7. The molecule has 0 bridgehead atoms. The van der Waals surface area contributed by atoms with E-state index < -0.39 is 0 Å². The first-order chi connectivity index (χ1) is 8.40. The van der Waals surface area contributed by atoms with Crippen LogP contribution < -0.4 is 0 Å². The molecule has 0 unspecified atom stereocenters. The van der Waals surface area contributed by atoms with E-state index in [0.717, 1.165) is 0 Å². The van der Waals surface area contributed by atoms with Crippen LogP contribution in [0.5, 0.6) is 0 Å². The predicted molar refractivity (Wildman–Crippen MR) is 87.5 cm³/mol. The average molecular weight is 267 g/mol. The molecule has 19 heavy (non-hydrogen) atoms. The average Bonchev–Trinajstić information content (AvgIpc) is 2.88. The van der Waals surface area contributed by atoms with Gasteiger partial charge in [0.05, 0.1) is 0 Å². The van der Waals surface area contributed by atoms with Gasteiger partial charge in [-0.2, -0.15) is 35.4 Å². The molecule has 0 nitrogen and oxygen atoms in total. The second kappa shape index (κ2) is 8.60. The fourth-order valence-corrected chi connectivity index (χ4v) is 1.89. The molecular weight excluding hydrogens is 241 g/mol. The molecule has 2 aromatic rings. The second-order valence-electron chi connectivity index (χ2n) is 5.75. The van der Waals surface area contributed by atoms with E-state index in [1.807, 2.05) is 0 Å². The van der Waals surface area contributed by atoms with E-state index in [-0.39, 0.29) is 23.1 Å². The molecule has 2 rings (SSSR count). The van der Waals surface area contributed by atoms with Crippen molar-refractivity contribution in [3.63, 3.8) is 0 Å². The Balaban J connectivity index is 0.000000324. The summed E-state index contributed by atoms with van der Waals surface area (Å²) in [7, 11) is 0. The van der Waals surface area contributed by atoms with Crippen molar-refractivity contribution < 1.29 is 0 Å². The maximum absolute atomic E-state index is 2.24. The third-order valence-corrected chi connectivity index (χ3v) is 3.20. The quantitative estimate of drug-likeness (QED) is 0.511. The van der Waals surface area contributed by atoms with Crippen molar-refractivity contribution >= 4 is 23.1 Å². The molecule has 0 N–H and O–H groups in total. The Morgan fingerprint density at radius 2 is 1.05 bits per heavy atom. The number of hydrogen-bond acceptors (Lipinski definition) is 0. The van der Waals surface area contributed by atoms with Crippen LogP contribution in [-0.4, -0.2) is 23.1 Å². The van der Waals surface area contributed by atoms with Gasteiger partial charge in [-0.1, -0.05) is 53.4 Å². The summed E-state index contributed by atoms with van der Waals surface area (Å²) in [6, 6.07) is 13.2. The molecule has 100 valence electrons. The van der Waals surface area contributed by atoms with Crippen LogP contribution in [0.4, 0.5) is 0 Å². The third-order valence-electron chi connectivity index (χ3n) is 3.20. The van der Waals surface area contributed by atoms with E-state index in [4.69, 9.17) is 0 Å². The van der Waals surface area contributed by atoms with Crippen molar-refractivity contribution in [1.29, 1.82) is 0 Å². The molecule has 0 aliphatic rings. The zero-order valence-corrected chi connectivity index (χ0v) is 14.7. The van der Waals surface area contributed by atoms with Gasteiger partial charge in [0.25, 0.3) is 0 Å². The molecule has 0 aliphatic heterocycles. The Bertz CT molecular complexity index is 413. The van der Waals surface area contributed by atoms with Gasteiger partial charge in [-0.3, -0.25) is 0 Å². The summed E-state index contributed by atoms with van der Waals surface area (Å²) in [5.41, 5.74) is 5.65. The maximum atomic E-state index is 2.24. The minimum atomic E-state index is 0. The van der Waals surface area contributed by atoms with E-state index in [1.165, 1.54) is 22.3 Å². The van der Waals surface area contributed by atoms with E-state index in [2.05, 4.69) is 77.9 Å². The fourth-order valence-electron chi connectivity index (χ4n) is 1.89. The van der Waals surface area contributed by atoms with E-state index >= 15 is 0 Å². The summed E-state index contributed by atoms with van der Waals surface area (Å²) in [6.45, 7) is 13.1. The van der Waals surface area contributed by atoms with E-state index in [1.54, 1.807) is 0 Å². The molecule has 0 fully saturated rings. The van der Waals surface area contributed by atoms with Gasteiger partial charge >= 0.3 is 23.1 Å². The first-order valence-electron chi connectivity index (χ1n) is 6.86. The van der Waals surface area contributed by atoms with Crippen LogP contribution in [0.3, 0.4) is 0 Å². The molecule has 0 radical (unpaired) electrons. The Kier molecular flexibility index (Phi) is 8.36. The van der Waals surface area contributed by atoms with Crippen molar-refractivity contribution in [2.45, 2.75) is 53.4 Å².